The van der Waals surface area contributed by atoms with Crippen LogP contribution in [0.5, 0.6) is 0 Å². The molecule has 0 spiro atoms. The fourth-order valence-electron chi connectivity index (χ4n) is 1.39. The molecule has 0 aliphatic carbocycles. The van der Waals surface area contributed by atoms with E-state index < -0.39 is 0 Å². The Morgan fingerprint density at radius 3 is 2.36 bits per heavy atom. The molecule has 1 aromatic rings. The lowest BCUT2D eigenvalue weighted by molar-refractivity contribution is 0.652. The molecule has 0 N–H and O–H groups in total. The molecule has 1 aromatic carbocycles. The van der Waals surface area contributed by atoms with Crippen LogP contribution in [-0.2, 0) is 6.54 Å². The first kappa shape index (κ1) is 11.0. The normalized spacial score (nSPS) is 11.4. The highest BCUT2D eigenvalue weighted by molar-refractivity contribution is 5.60. The third-order valence-electron chi connectivity index (χ3n) is 2.48. The highest BCUT2D eigenvalue weighted by Gasteiger charge is 1.97. The van der Waals surface area contributed by atoms with Crippen molar-refractivity contribution >= 4 is 6.21 Å². The van der Waals surface area contributed by atoms with E-state index in [1.807, 2.05) is 6.07 Å². The van der Waals surface area contributed by atoms with E-state index in [4.69, 9.17) is 0 Å². The molecule has 0 fully saturated rings. The van der Waals surface area contributed by atoms with Crippen molar-refractivity contribution in [3.05, 3.63) is 35.9 Å². The van der Waals surface area contributed by atoms with Crippen molar-refractivity contribution in [3.8, 4) is 0 Å². The molecule has 0 bridgehead atoms. The smallest absolute Gasteiger partial charge is 0.0635 e. The van der Waals surface area contributed by atoms with Gasteiger partial charge in [0.15, 0.2) is 0 Å². The SMILES string of the molecule is CCC(/C=N/Cc1ccccc1)CC. The lowest BCUT2D eigenvalue weighted by atomic mass is 10.1. The maximum absolute atomic E-state index is 4.46. The van der Waals surface area contributed by atoms with Gasteiger partial charge in [0.2, 0.25) is 0 Å². The molecule has 0 radical (unpaired) electrons. The summed E-state index contributed by atoms with van der Waals surface area (Å²) in [5.41, 5.74) is 1.29. The van der Waals surface area contributed by atoms with Gasteiger partial charge in [-0.15, -0.1) is 0 Å². The summed E-state index contributed by atoms with van der Waals surface area (Å²) in [6.07, 6.45) is 4.48. The molecular weight excluding hydrogens is 170 g/mol. The zero-order valence-corrected chi connectivity index (χ0v) is 9.11. The highest BCUT2D eigenvalue weighted by Crippen LogP contribution is 2.05. The lowest BCUT2D eigenvalue weighted by Crippen LogP contribution is -1.97. The number of nitrogens with zero attached hydrogens (tertiary/aromatic N) is 1. The van der Waals surface area contributed by atoms with Crippen molar-refractivity contribution in [1.29, 1.82) is 0 Å². The minimum absolute atomic E-state index is 0.652. The molecule has 1 rings (SSSR count). The minimum Gasteiger partial charge on any atom is -0.292 e. The second-order valence-corrected chi connectivity index (χ2v) is 3.55. The van der Waals surface area contributed by atoms with Crippen LogP contribution in [-0.4, -0.2) is 6.21 Å². The first-order chi connectivity index (χ1) is 6.86. The zero-order valence-electron chi connectivity index (χ0n) is 9.11. The van der Waals surface area contributed by atoms with Gasteiger partial charge < -0.3 is 0 Å². The molecule has 0 aliphatic heterocycles. The van der Waals surface area contributed by atoms with E-state index in [1.54, 1.807) is 0 Å². The third-order valence-corrected chi connectivity index (χ3v) is 2.48. The molecule has 0 saturated heterocycles. The van der Waals surface area contributed by atoms with E-state index in [-0.39, 0.29) is 0 Å². The summed E-state index contributed by atoms with van der Waals surface area (Å²) >= 11 is 0. The molecule has 0 unspecified atom stereocenters. The summed E-state index contributed by atoms with van der Waals surface area (Å²) in [5.74, 6) is 0.652. The number of hydrogen-bond acceptors (Lipinski definition) is 1. The summed E-state index contributed by atoms with van der Waals surface area (Å²) in [7, 11) is 0. The van der Waals surface area contributed by atoms with Crippen LogP contribution < -0.4 is 0 Å². The average Bonchev–Trinajstić information content (AvgIpc) is 2.26. The first-order valence-corrected chi connectivity index (χ1v) is 5.40. The molecule has 0 amide bonds. The van der Waals surface area contributed by atoms with E-state index in [1.165, 1.54) is 18.4 Å². The van der Waals surface area contributed by atoms with E-state index >= 15 is 0 Å². The summed E-state index contributed by atoms with van der Waals surface area (Å²) in [6.45, 7) is 5.24. The van der Waals surface area contributed by atoms with Crippen LogP contribution in [0.2, 0.25) is 0 Å². The Balaban J connectivity index is 2.40. The van der Waals surface area contributed by atoms with Gasteiger partial charge in [-0.2, -0.15) is 0 Å². The van der Waals surface area contributed by atoms with Crippen LogP contribution in [0.25, 0.3) is 0 Å². The molecule has 0 saturated carbocycles. The quantitative estimate of drug-likeness (QED) is 0.626. The van der Waals surface area contributed by atoms with Gasteiger partial charge in [0, 0.05) is 6.21 Å². The highest BCUT2D eigenvalue weighted by atomic mass is 14.7. The molecule has 0 aliphatic rings. The van der Waals surface area contributed by atoms with Gasteiger partial charge in [0.25, 0.3) is 0 Å². The summed E-state index contributed by atoms with van der Waals surface area (Å²) in [6, 6.07) is 10.4. The van der Waals surface area contributed by atoms with Crippen molar-refractivity contribution in [2.75, 3.05) is 0 Å². The van der Waals surface area contributed by atoms with Crippen LogP contribution in [0.3, 0.4) is 0 Å². The van der Waals surface area contributed by atoms with Crippen LogP contribution in [0.1, 0.15) is 32.3 Å². The first-order valence-electron chi connectivity index (χ1n) is 5.40. The van der Waals surface area contributed by atoms with E-state index in [0.717, 1.165) is 6.54 Å². The van der Waals surface area contributed by atoms with Gasteiger partial charge in [-0.05, 0) is 24.3 Å². The second kappa shape index (κ2) is 6.36. The molecule has 14 heavy (non-hydrogen) atoms. The Kier molecular flexibility index (Phi) is 4.98. The summed E-state index contributed by atoms with van der Waals surface area (Å²) in [4.78, 5) is 4.46. The predicted molar refractivity (Wildman–Crippen MR) is 62.7 cm³/mol. The van der Waals surface area contributed by atoms with Crippen LogP contribution in [0.15, 0.2) is 35.3 Å². The van der Waals surface area contributed by atoms with Gasteiger partial charge in [0.05, 0.1) is 6.54 Å². The second-order valence-electron chi connectivity index (χ2n) is 3.55. The lowest BCUT2D eigenvalue weighted by Gasteiger charge is -2.03. The zero-order chi connectivity index (χ0) is 10.2. The molecule has 0 heterocycles. The standard InChI is InChI=1S/C13H19N/c1-3-12(4-2)10-14-11-13-8-6-5-7-9-13/h5-10,12H,3-4,11H2,1-2H3/b14-10+. The molecule has 1 heteroatoms. The van der Waals surface area contributed by atoms with Crippen LogP contribution in [0.4, 0.5) is 0 Å². The van der Waals surface area contributed by atoms with Gasteiger partial charge in [-0.1, -0.05) is 44.2 Å². The van der Waals surface area contributed by atoms with Gasteiger partial charge in [-0.3, -0.25) is 4.99 Å². The van der Waals surface area contributed by atoms with Crippen molar-refractivity contribution in [2.45, 2.75) is 33.2 Å². The topological polar surface area (TPSA) is 12.4 Å². The van der Waals surface area contributed by atoms with E-state index in [0.29, 0.717) is 5.92 Å². The van der Waals surface area contributed by atoms with Gasteiger partial charge >= 0.3 is 0 Å². The Hall–Kier alpha value is -1.11. The molecule has 76 valence electrons. The summed E-state index contributed by atoms with van der Waals surface area (Å²) in [5, 5.41) is 0. The average molecular weight is 189 g/mol. The number of hydrogen-bond donors (Lipinski definition) is 0. The van der Waals surface area contributed by atoms with Gasteiger partial charge in [-0.25, -0.2) is 0 Å². The Morgan fingerprint density at radius 1 is 1.14 bits per heavy atom. The molecule has 0 aromatic heterocycles. The van der Waals surface area contributed by atoms with Crippen molar-refractivity contribution in [3.63, 3.8) is 0 Å². The van der Waals surface area contributed by atoms with Crippen LogP contribution >= 0.6 is 0 Å². The Morgan fingerprint density at radius 2 is 1.79 bits per heavy atom. The third kappa shape index (κ3) is 3.73. The van der Waals surface area contributed by atoms with Crippen molar-refractivity contribution in [1.82, 2.24) is 0 Å². The fraction of sp³-hybridized carbons (Fsp3) is 0.462. The van der Waals surface area contributed by atoms with Crippen molar-refractivity contribution in [2.24, 2.45) is 10.9 Å². The number of benzene rings is 1. The molecule has 0 atom stereocenters. The fourth-order valence-corrected chi connectivity index (χ4v) is 1.39. The Labute approximate surface area is 86.9 Å². The predicted octanol–water partition coefficient (Wildman–Crippen LogP) is 3.69. The minimum atomic E-state index is 0.652. The number of rotatable bonds is 5. The molecular formula is C13H19N. The maximum atomic E-state index is 4.46. The molecule has 1 nitrogen and oxygen atoms in total. The largest absolute Gasteiger partial charge is 0.292 e. The monoisotopic (exact) mass is 189 g/mol. The van der Waals surface area contributed by atoms with Crippen molar-refractivity contribution < 1.29 is 0 Å². The maximum Gasteiger partial charge on any atom is 0.0635 e. The van der Waals surface area contributed by atoms with Gasteiger partial charge in [0.1, 0.15) is 0 Å². The van der Waals surface area contributed by atoms with E-state index in [2.05, 4.69) is 49.3 Å². The van der Waals surface area contributed by atoms with Crippen LogP contribution in [0, 0.1) is 5.92 Å². The Bertz CT molecular complexity index is 260. The summed E-state index contributed by atoms with van der Waals surface area (Å²) < 4.78 is 0. The number of aliphatic imine (C=N–C) groups is 1. The van der Waals surface area contributed by atoms with E-state index in [9.17, 15) is 0 Å².